The normalized spacial score (nSPS) is 18.8. The van der Waals surface area contributed by atoms with E-state index in [1.165, 1.54) is 5.69 Å². The number of nitrogens with one attached hydrogen (secondary N) is 1. The summed E-state index contributed by atoms with van der Waals surface area (Å²) in [5.74, 6) is 0.0931. The average molecular weight is 290 g/mol. The van der Waals surface area contributed by atoms with E-state index >= 15 is 0 Å². The van der Waals surface area contributed by atoms with Crippen LogP contribution in [0.5, 0.6) is 0 Å². The molecule has 0 radical (unpaired) electrons. The van der Waals surface area contributed by atoms with Gasteiger partial charge in [0.2, 0.25) is 5.91 Å². The van der Waals surface area contributed by atoms with E-state index in [1.54, 1.807) is 0 Å². The molecule has 1 atom stereocenters. The molecule has 21 heavy (non-hydrogen) atoms. The highest BCUT2D eigenvalue weighted by Crippen LogP contribution is 2.19. The lowest BCUT2D eigenvalue weighted by Crippen LogP contribution is -2.48. The molecular weight excluding hydrogens is 264 g/mol. The smallest absolute Gasteiger partial charge is 0.222 e. The molecule has 1 aliphatic heterocycles. The van der Waals surface area contributed by atoms with Crippen molar-refractivity contribution >= 4 is 11.6 Å². The number of piperidine rings is 1. The van der Waals surface area contributed by atoms with E-state index in [9.17, 15) is 4.79 Å². The first kappa shape index (κ1) is 15.8. The number of para-hydroxylation sites is 1. The first-order valence-corrected chi connectivity index (χ1v) is 7.86. The number of hydrogen-bond donors (Lipinski definition) is 1. The van der Waals surface area contributed by atoms with Crippen LogP contribution in [0.2, 0.25) is 0 Å². The van der Waals surface area contributed by atoms with Crippen molar-refractivity contribution in [3.63, 3.8) is 0 Å². The lowest BCUT2D eigenvalue weighted by Gasteiger charge is -2.34. The second kappa shape index (κ2) is 8.03. The number of nitrogens with zero attached hydrogens (tertiary/aromatic N) is 1. The Morgan fingerprint density at radius 3 is 2.86 bits per heavy atom. The van der Waals surface area contributed by atoms with Crippen molar-refractivity contribution in [1.29, 1.82) is 0 Å². The summed E-state index contributed by atoms with van der Waals surface area (Å²) in [7, 11) is 0. The molecule has 1 saturated heterocycles. The van der Waals surface area contributed by atoms with Crippen LogP contribution in [0, 0.1) is 0 Å². The van der Waals surface area contributed by atoms with Gasteiger partial charge in [0.15, 0.2) is 0 Å². The Hall–Kier alpha value is -1.55. The molecule has 1 amide bonds. The van der Waals surface area contributed by atoms with E-state index in [0.29, 0.717) is 13.0 Å². The summed E-state index contributed by atoms with van der Waals surface area (Å²) in [4.78, 5) is 14.3. The highest BCUT2D eigenvalue weighted by atomic mass is 16.5. The quantitative estimate of drug-likeness (QED) is 0.875. The molecule has 4 nitrogen and oxygen atoms in total. The van der Waals surface area contributed by atoms with Gasteiger partial charge in [-0.3, -0.25) is 4.79 Å². The molecule has 1 fully saturated rings. The van der Waals surface area contributed by atoms with Crippen molar-refractivity contribution in [1.82, 2.24) is 5.32 Å². The van der Waals surface area contributed by atoms with Gasteiger partial charge in [-0.2, -0.15) is 0 Å². The van der Waals surface area contributed by atoms with Crippen LogP contribution in [-0.4, -0.2) is 37.7 Å². The summed E-state index contributed by atoms with van der Waals surface area (Å²) in [6.45, 7) is 6.42. The molecular formula is C17H26N2O2. The van der Waals surface area contributed by atoms with E-state index in [2.05, 4.69) is 34.5 Å². The van der Waals surface area contributed by atoms with E-state index < -0.39 is 0 Å². The fourth-order valence-electron chi connectivity index (χ4n) is 2.66. The zero-order valence-electron chi connectivity index (χ0n) is 13.0. The molecule has 2 rings (SSSR count). The van der Waals surface area contributed by atoms with Gasteiger partial charge in [-0.25, -0.2) is 0 Å². The predicted octanol–water partition coefficient (Wildman–Crippen LogP) is 2.59. The van der Waals surface area contributed by atoms with Crippen molar-refractivity contribution in [3.05, 3.63) is 30.3 Å². The fraction of sp³-hybridized carbons (Fsp3) is 0.588. The third kappa shape index (κ3) is 5.38. The Kier molecular flexibility index (Phi) is 6.05. The largest absolute Gasteiger partial charge is 0.378 e. The number of rotatable bonds is 6. The number of anilines is 1. The number of hydrogen-bond acceptors (Lipinski definition) is 3. The van der Waals surface area contributed by atoms with Crippen molar-refractivity contribution in [2.45, 2.75) is 45.3 Å². The van der Waals surface area contributed by atoms with Crippen LogP contribution in [0.15, 0.2) is 30.3 Å². The van der Waals surface area contributed by atoms with Crippen LogP contribution < -0.4 is 10.2 Å². The summed E-state index contributed by atoms with van der Waals surface area (Å²) in [5.41, 5.74) is 1.24. The minimum Gasteiger partial charge on any atom is -0.378 e. The maximum absolute atomic E-state index is 11.9. The van der Waals surface area contributed by atoms with Crippen LogP contribution in [0.1, 0.15) is 33.1 Å². The monoisotopic (exact) mass is 290 g/mol. The van der Waals surface area contributed by atoms with Gasteiger partial charge in [-0.15, -0.1) is 0 Å². The summed E-state index contributed by atoms with van der Waals surface area (Å²) in [6, 6.07) is 10.6. The maximum atomic E-state index is 11.9. The molecule has 0 aromatic heterocycles. The number of ether oxygens (including phenoxy) is 1. The molecule has 116 valence electrons. The zero-order valence-corrected chi connectivity index (χ0v) is 13.0. The van der Waals surface area contributed by atoms with Gasteiger partial charge in [0.1, 0.15) is 0 Å². The molecule has 1 heterocycles. The minimum atomic E-state index is 0.0931. The fourth-order valence-corrected chi connectivity index (χ4v) is 2.66. The van der Waals surface area contributed by atoms with Crippen LogP contribution in [-0.2, 0) is 9.53 Å². The van der Waals surface area contributed by atoms with Gasteiger partial charge < -0.3 is 15.0 Å². The molecule has 1 aliphatic rings. The molecule has 1 aromatic carbocycles. The first-order valence-electron chi connectivity index (χ1n) is 7.86. The second-order valence-corrected chi connectivity index (χ2v) is 5.86. The Morgan fingerprint density at radius 2 is 2.14 bits per heavy atom. The van der Waals surface area contributed by atoms with Crippen LogP contribution in [0.3, 0.4) is 0 Å². The van der Waals surface area contributed by atoms with Gasteiger partial charge in [0.25, 0.3) is 0 Å². The lowest BCUT2D eigenvalue weighted by molar-refractivity contribution is -0.123. The van der Waals surface area contributed by atoms with Gasteiger partial charge in [-0.1, -0.05) is 18.2 Å². The van der Waals surface area contributed by atoms with Gasteiger partial charge in [-0.05, 0) is 38.8 Å². The molecule has 4 heteroatoms. The average Bonchev–Trinajstić information content (AvgIpc) is 2.48. The van der Waals surface area contributed by atoms with E-state index in [4.69, 9.17) is 4.74 Å². The van der Waals surface area contributed by atoms with Crippen LogP contribution in [0.25, 0.3) is 0 Å². The topological polar surface area (TPSA) is 41.6 Å². The third-order valence-corrected chi connectivity index (χ3v) is 3.69. The van der Waals surface area contributed by atoms with E-state index in [0.717, 1.165) is 25.9 Å². The van der Waals surface area contributed by atoms with E-state index in [-0.39, 0.29) is 18.1 Å². The Bertz CT molecular complexity index is 434. The number of amides is 1. The number of benzene rings is 1. The molecule has 1 aromatic rings. The van der Waals surface area contributed by atoms with Crippen molar-refractivity contribution in [3.8, 4) is 0 Å². The maximum Gasteiger partial charge on any atom is 0.222 e. The Labute approximate surface area is 127 Å². The van der Waals surface area contributed by atoms with E-state index in [1.807, 2.05) is 19.9 Å². The molecule has 1 unspecified atom stereocenters. The van der Waals surface area contributed by atoms with Crippen LogP contribution in [0.4, 0.5) is 5.69 Å². The molecule has 0 bridgehead atoms. The van der Waals surface area contributed by atoms with Crippen LogP contribution >= 0.6 is 0 Å². The van der Waals surface area contributed by atoms with Gasteiger partial charge in [0, 0.05) is 31.2 Å². The molecule has 0 saturated carbocycles. The summed E-state index contributed by atoms with van der Waals surface area (Å²) >= 11 is 0. The molecule has 0 aliphatic carbocycles. The molecule has 1 N–H and O–H groups in total. The van der Waals surface area contributed by atoms with Crippen molar-refractivity contribution < 1.29 is 9.53 Å². The minimum absolute atomic E-state index is 0.0931. The first-order chi connectivity index (χ1) is 10.1. The highest BCUT2D eigenvalue weighted by molar-refractivity contribution is 5.76. The number of carbonyl (C=O) groups is 1. The zero-order chi connectivity index (χ0) is 15.1. The summed E-state index contributed by atoms with van der Waals surface area (Å²) < 4.78 is 5.42. The summed E-state index contributed by atoms with van der Waals surface area (Å²) in [5, 5.41) is 3.13. The lowest BCUT2D eigenvalue weighted by atomic mass is 10.0. The van der Waals surface area contributed by atoms with Crippen molar-refractivity contribution in [2.24, 2.45) is 0 Å². The SMILES string of the molecule is CC(C)OCCC(=O)NC1CCCN(c2ccccc2)C1. The Balaban J connectivity index is 1.77. The highest BCUT2D eigenvalue weighted by Gasteiger charge is 2.21. The Morgan fingerprint density at radius 1 is 1.38 bits per heavy atom. The third-order valence-electron chi connectivity index (χ3n) is 3.69. The summed E-state index contributed by atoms with van der Waals surface area (Å²) in [6.07, 6.45) is 2.80. The molecule has 0 spiro atoms. The van der Waals surface area contributed by atoms with Gasteiger partial charge >= 0.3 is 0 Å². The standard InChI is InChI=1S/C17H26N2O2/c1-14(2)21-12-10-17(20)18-15-7-6-11-19(13-15)16-8-4-3-5-9-16/h3-5,8-9,14-15H,6-7,10-13H2,1-2H3,(H,18,20). The van der Waals surface area contributed by atoms with Crippen molar-refractivity contribution in [2.75, 3.05) is 24.6 Å². The predicted molar refractivity (Wildman–Crippen MR) is 85.5 cm³/mol. The van der Waals surface area contributed by atoms with Gasteiger partial charge in [0.05, 0.1) is 12.7 Å². The second-order valence-electron chi connectivity index (χ2n) is 5.86. The number of carbonyl (C=O) groups excluding carboxylic acids is 1.